The van der Waals surface area contributed by atoms with E-state index in [4.69, 9.17) is 16.0 Å². The second-order valence-corrected chi connectivity index (χ2v) is 5.56. The van der Waals surface area contributed by atoms with Crippen LogP contribution >= 0.6 is 11.6 Å². The molecule has 1 fully saturated rings. The first kappa shape index (κ1) is 14.4. The SMILES string of the molecule is CCc1nnc(CN2CCN(c3ccccc3Cl)CC2)o1. The van der Waals surface area contributed by atoms with Crippen LogP contribution in [0.5, 0.6) is 0 Å². The maximum atomic E-state index is 6.25. The highest BCUT2D eigenvalue weighted by molar-refractivity contribution is 6.33. The molecule has 6 heteroatoms. The van der Waals surface area contributed by atoms with E-state index in [2.05, 4.69) is 26.1 Å². The van der Waals surface area contributed by atoms with Gasteiger partial charge < -0.3 is 9.32 Å². The van der Waals surface area contributed by atoms with Crippen molar-refractivity contribution in [3.63, 3.8) is 0 Å². The fourth-order valence-corrected chi connectivity index (χ4v) is 2.80. The Labute approximate surface area is 129 Å². The molecule has 0 saturated carbocycles. The number of piperazine rings is 1. The molecular weight excluding hydrogens is 288 g/mol. The molecule has 0 radical (unpaired) electrons. The Morgan fingerprint density at radius 1 is 1.10 bits per heavy atom. The Morgan fingerprint density at radius 3 is 2.48 bits per heavy atom. The first-order chi connectivity index (χ1) is 10.3. The zero-order chi connectivity index (χ0) is 14.7. The Bertz CT molecular complexity index is 593. The molecule has 0 N–H and O–H groups in total. The summed E-state index contributed by atoms with van der Waals surface area (Å²) < 4.78 is 5.57. The summed E-state index contributed by atoms with van der Waals surface area (Å²) in [6, 6.07) is 8.00. The van der Waals surface area contributed by atoms with Crippen LogP contribution in [-0.2, 0) is 13.0 Å². The highest BCUT2D eigenvalue weighted by Gasteiger charge is 2.20. The lowest BCUT2D eigenvalue weighted by Crippen LogP contribution is -2.46. The van der Waals surface area contributed by atoms with Gasteiger partial charge >= 0.3 is 0 Å². The molecule has 0 bridgehead atoms. The van der Waals surface area contributed by atoms with Crippen molar-refractivity contribution in [1.29, 1.82) is 0 Å². The van der Waals surface area contributed by atoms with Crippen LogP contribution in [0, 0.1) is 0 Å². The number of nitrogens with zero attached hydrogens (tertiary/aromatic N) is 4. The average molecular weight is 307 g/mol. The van der Waals surface area contributed by atoms with E-state index in [1.54, 1.807) is 0 Å². The smallest absolute Gasteiger partial charge is 0.230 e. The zero-order valence-corrected chi connectivity index (χ0v) is 12.9. The molecule has 2 aromatic rings. The van der Waals surface area contributed by atoms with Crippen LogP contribution < -0.4 is 4.90 Å². The first-order valence-corrected chi connectivity index (χ1v) is 7.67. The molecular formula is C15H19ClN4O. The number of hydrogen-bond acceptors (Lipinski definition) is 5. The molecule has 0 spiro atoms. The summed E-state index contributed by atoms with van der Waals surface area (Å²) >= 11 is 6.25. The van der Waals surface area contributed by atoms with Crippen LogP contribution in [0.25, 0.3) is 0 Å². The Kier molecular flexibility index (Phi) is 4.41. The summed E-state index contributed by atoms with van der Waals surface area (Å²) in [6.07, 6.45) is 0.785. The molecule has 0 atom stereocenters. The van der Waals surface area contributed by atoms with Crippen molar-refractivity contribution in [3.05, 3.63) is 41.1 Å². The third-order valence-corrected chi connectivity index (χ3v) is 4.06. The highest BCUT2D eigenvalue weighted by atomic mass is 35.5. The third-order valence-electron chi connectivity index (χ3n) is 3.74. The van der Waals surface area contributed by atoms with E-state index >= 15 is 0 Å². The van der Waals surface area contributed by atoms with Gasteiger partial charge in [-0.1, -0.05) is 30.7 Å². The van der Waals surface area contributed by atoms with Gasteiger partial charge in [-0.15, -0.1) is 10.2 Å². The van der Waals surface area contributed by atoms with Crippen molar-refractivity contribution in [2.24, 2.45) is 0 Å². The van der Waals surface area contributed by atoms with Gasteiger partial charge in [0.15, 0.2) is 0 Å². The largest absolute Gasteiger partial charge is 0.424 e. The average Bonchev–Trinajstić information content (AvgIpc) is 2.96. The van der Waals surface area contributed by atoms with Crippen LogP contribution in [-0.4, -0.2) is 41.3 Å². The normalized spacial score (nSPS) is 16.4. The number of aryl methyl sites for hydroxylation is 1. The molecule has 1 aliphatic rings. The molecule has 1 saturated heterocycles. The van der Waals surface area contributed by atoms with Crippen molar-refractivity contribution in [2.75, 3.05) is 31.1 Å². The maximum absolute atomic E-state index is 6.25. The fraction of sp³-hybridized carbons (Fsp3) is 0.467. The monoisotopic (exact) mass is 306 g/mol. The summed E-state index contributed by atoms with van der Waals surface area (Å²) in [5.41, 5.74) is 1.12. The van der Waals surface area contributed by atoms with Gasteiger partial charge in [-0.3, -0.25) is 4.90 Å². The zero-order valence-electron chi connectivity index (χ0n) is 12.1. The molecule has 21 heavy (non-hydrogen) atoms. The van der Waals surface area contributed by atoms with Gasteiger partial charge in [0, 0.05) is 32.6 Å². The molecule has 2 heterocycles. The highest BCUT2D eigenvalue weighted by Crippen LogP contribution is 2.26. The number of para-hydroxylation sites is 1. The maximum Gasteiger partial charge on any atom is 0.230 e. The molecule has 1 aromatic carbocycles. The van der Waals surface area contributed by atoms with Gasteiger partial charge in [0.25, 0.3) is 0 Å². The number of benzene rings is 1. The van der Waals surface area contributed by atoms with Crippen LogP contribution in [0.3, 0.4) is 0 Å². The van der Waals surface area contributed by atoms with Crippen molar-refractivity contribution in [3.8, 4) is 0 Å². The van der Waals surface area contributed by atoms with E-state index in [0.29, 0.717) is 11.8 Å². The molecule has 0 amide bonds. The van der Waals surface area contributed by atoms with Gasteiger partial charge in [0.1, 0.15) is 0 Å². The molecule has 112 valence electrons. The number of hydrogen-bond donors (Lipinski definition) is 0. The standard InChI is InChI=1S/C15H19ClN4O/c1-2-14-17-18-15(21-14)11-19-7-9-20(10-8-19)13-6-4-3-5-12(13)16/h3-6H,2,7-11H2,1H3. The van der Waals surface area contributed by atoms with Crippen LogP contribution in [0.4, 0.5) is 5.69 Å². The molecule has 3 rings (SSSR count). The Hall–Kier alpha value is -1.59. The third kappa shape index (κ3) is 3.36. The summed E-state index contributed by atoms with van der Waals surface area (Å²) in [5.74, 6) is 1.41. The molecule has 1 aliphatic heterocycles. The van der Waals surface area contributed by atoms with E-state index in [9.17, 15) is 0 Å². The summed E-state index contributed by atoms with van der Waals surface area (Å²) in [5, 5.41) is 8.90. The number of rotatable bonds is 4. The van der Waals surface area contributed by atoms with E-state index in [-0.39, 0.29) is 0 Å². The van der Waals surface area contributed by atoms with Gasteiger partial charge in [0.2, 0.25) is 11.8 Å². The van der Waals surface area contributed by atoms with Gasteiger partial charge in [-0.2, -0.15) is 0 Å². The quantitative estimate of drug-likeness (QED) is 0.869. The van der Waals surface area contributed by atoms with Gasteiger partial charge in [-0.05, 0) is 12.1 Å². The van der Waals surface area contributed by atoms with E-state index in [1.807, 2.05) is 25.1 Å². The second-order valence-electron chi connectivity index (χ2n) is 5.16. The van der Waals surface area contributed by atoms with Gasteiger partial charge in [0.05, 0.1) is 17.3 Å². The van der Waals surface area contributed by atoms with Crippen molar-refractivity contribution in [1.82, 2.24) is 15.1 Å². The predicted molar refractivity (Wildman–Crippen MR) is 82.6 cm³/mol. The van der Waals surface area contributed by atoms with E-state index in [0.717, 1.165) is 49.9 Å². The van der Waals surface area contributed by atoms with Crippen molar-refractivity contribution >= 4 is 17.3 Å². The predicted octanol–water partition coefficient (Wildman–Crippen LogP) is 2.61. The first-order valence-electron chi connectivity index (χ1n) is 7.29. The number of anilines is 1. The van der Waals surface area contributed by atoms with Crippen LogP contribution in [0.2, 0.25) is 5.02 Å². The second kappa shape index (κ2) is 6.45. The minimum Gasteiger partial charge on any atom is -0.424 e. The lowest BCUT2D eigenvalue weighted by Gasteiger charge is -2.35. The molecule has 5 nitrogen and oxygen atoms in total. The van der Waals surface area contributed by atoms with Crippen molar-refractivity contribution < 1.29 is 4.42 Å². The molecule has 0 unspecified atom stereocenters. The summed E-state index contributed by atoms with van der Waals surface area (Å²) in [4.78, 5) is 4.66. The van der Waals surface area contributed by atoms with Crippen LogP contribution in [0.15, 0.2) is 28.7 Å². The lowest BCUT2D eigenvalue weighted by atomic mass is 10.2. The topological polar surface area (TPSA) is 45.4 Å². The summed E-state index contributed by atoms with van der Waals surface area (Å²) in [7, 11) is 0. The lowest BCUT2D eigenvalue weighted by molar-refractivity contribution is 0.224. The van der Waals surface area contributed by atoms with E-state index < -0.39 is 0 Å². The summed E-state index contributed by atoms with van der Waals surface area (Å²) in [6.45, 7) is 6.59. The number of aromatic nitrogens is 2. The minimum atomic E-state index is 0.707. The van der Waals surface area contributed by atoms with Crippen molar-refractivity contribution in [2.45, 2.75) is 19.9 Å². The molecule has 0 aliphatic carbocycles. The van der Waals surface area contributed by atoms with Gasteiger partial charge in [-0.25, -0.2) is 0 Å². The Balaban J connectivity index is 1.56. The van der Waals surface area contributed by atoms with E-state index in [1.165, 1.54) is 0 Å². The fourth-order valence-electron chi connectivity index (χ4n) is 2.54. The minimum absolute atomic E-state index is 0.707. The molecule has 1 aromatic heterocycles. The number of halogens is 1. The Morgan fingerprint density at radius 2 is 1.81 bits per heavy atom. The van der Waals surface area contributed by atoms with Crippen LogP contribution in [0.1, 0.15) is 18.7 Å².